The number of hydrogen-bond donors (Lipinski definition) is 1. The van der Waals surface area contributed by atoms with Crippen molar-refractivity contribution in [3.63, 3.8) is 0 Å². The van der Waals surface area contributed by atoms with E-state index in [9.17, 15) is 4.39 Å². The zero-order valence-corrected chi connectivity index (χ0v) is 10.3. The lowest BCUT2D eigenvalue weighted by molar-refractivity contribution is 0.607. The Kier molecular flexibility index (Phi) is 3.89. The number of nitrogens with zero attached hydrogens (tertiary/aromatic N) is 2. The van der Waals surface area contributed by atoms with Crippen molar-refractivity contribution >= 4 is 5.82 Å². The van der Waals surface area contributed by atoms with Gasteiger partial charge in [0.1, 0.15) is 11.6 Å². The van der Waals surface area contributed by atoms with Gasteiger partial charge in [-0.05, 0) is 12.1 Å². The predicted molar refractivity (Wildman–Crippen MR) is 70.6 cm³/mol. The molecular formula is C14H16FN3. The van der Waals surface area contributed by atoms with Crippen LogP contribution in [0.15, 0.2) is 42.6 Å². The highest BCUT2D eigenvalue weighted by Gasteiger charge is 2.10. The van der Waals surface area contributed by atoms with Gasteiger partial charge in [-0.2, -0.15) is 0 Å². The Morgan fingerprint density at radius 3 is 2.61 bits per heavy atom. The normalized spacial score (nSPS) is 10.4. The zero-order chi connectivity index (χ0) is 13.0. The van der Waals surface area contributed by atoms with Crippen molar-refractivity contribution in [2.45, 2.75) is 13.1 Å². The van der Waals surface area contributed by atoms with Gasteiger partial charge in [-0.1, -0.05) is 24.3 Å². The maximum Gasteiger partial charge on any atom is 0.133 e. The summed E-state index contributed by atoms with van der Waals surface area (Å²) in [4.78, 5) is 6.20. The van der Waals surface area contributed by atoms with Crippen LogP contribution in [0.1, 0.15) is 11.1 Å². The van der Waals surface area contributed by atoms with E-state index in [0.717, 1.165) is 11.4 Å². The first kappa shape index (κ1) is 12.5. The molecule has 0 unspecified atom stereocenters. The Morgan fingerprint density at radius 2 is 1.89 bits per heavy atom. The first-order valence-corrected chi connectivity index (χ1v) is 5.81. The van der Waals surface area contributed by atoms with Crippen LogP contribution in [0.4, 0.5) is 10.2 Å². The third-order valence-corrected chi connectivity index (χ3v) is 2.81. The molecule has 2 aromatic rings. The van der Waals surface area contributed by atoms with Crippen LogP contribution in [0, 0.1) is 5.82 Å². The second-order valence-corrected chi connectivity index (χ2v) is 4.14. The van der Waals surface area contributed by atoms with E-state index >= 15 is 0 Å². The Hall–Kier alpha value is -1.94. The number of benzene rings is 1. The van der Waals surface area contributed by atoms with Crippen molar-refractivity contribution in [3.05, 3.63) is 59.5 Å². The number of pyridine rings is 1. The molecule has 94 valence electrons. The molecule has 0 radical (unpaired) electrons. The minimum Gasteiger partial charge on any atom is -0.355 e. The fourth-order valence-corrected chi connectivity index (χ4v) is 1.89. The summed E-state index contributed by atoms with van der Waals surface area (Å²) >= 11 is 0. The van der Waals surface area contributed by atoms with E-state index in [1.165, 1.54) is 6.07 Å². The topological polar surface area (TPSA) is 42.2 Å². The maximum atomic E-state index is 13.6. The lowest BCUT2D eigenvalue weighted by atomic mass is 10.2. The van der Waals surface area contributed by atoms with Crippen LogP contribution in [0.5, 0.6) is 0 Å². The molecule has 0 bridgehead atoms. The van der Waals surface area contributed by atoms with Gasteiger partial charge >= 0.3 is 0 Å². The van der Waals surface area contributed by atoms with E-state index in [1.54, 1.807) is 18.3 Å². The average Bonchev–Trinajstić information content (AvgIpc) is 2.41. The summed E-state index contributed by atoms with van der Waals surface area (Å²) in [6, 6.07) is 10.5. The van der Waals surface area contributed by atoms with Crippen LogP contribution < -0.4 is 10.6 Å². The molecule has 0 amide bonds. The number of aromatic nitrogens is 1. The van der Waals surface area contributed by atoms with E-state index in [-0.39, 0.29) is 5.82 Å². The third kappa shape index (κ3) is 2.65. The molecule has 0 aliphatic rings. The van der Waals surface area contributed by atoms with E-state index < -0.39 is 0 Å². The molecule has 2 rings (SSSR count). The smallest absolute Gasteiger partial charge is 0.133 e. The minimum atomic E-state index is -0.199. The summed E-state index contributed by atoms with van der Waals surface area (Å²) in [5, 5.41) is 0. The Balaban J connectivity index is 2.22. The summed E-state index contributed by atoms with van der Waals surface area (Å²) in [6.45, 7) is 0.890. The number of anilines is 1. The lowest BCUT2D eigenvalue weighted by Gasteiger charge is -2.21. The zero-order valence-electron chi connectivity index (χ0n) is 10.3. The van der Waals surface area contributed by atoms with Gasteiger partial charge in [0.25, 0.3) is 0 Å². The minimum absolute atomic E-state index is 0.199. The van der Waals surface area contributed by atoms with Gasteiger partial charge in [0.05, 0.1) is 0 Å². The predicted octanol–water partition coefficient (Wildman–Crippen LogP) is 2.32. The van der Waals surface area contributed by atoms with E-state index in [4.69, 9.17) is 5.73 Å². The standard InChI is InChI=1S/C14H16FN3/c1-18(10-12-5-2-3-7-13(12)15)14-11(9-16)6-4-8-17-14/h2-8H,9-10,16H2,1H3. The van der Waals surface area contributed by atoms with Crippen LogP contribution >= 0.6 is 0 Å². The molecule has 4 heteroatoms. The van der Waals surface area contributed by atoms with Gasteiger partial charge in [0.15, 0.2) is 0 Å². The molecule has 18 heavy (non-hydrogen) atoms. The first-order valence-electron chi connectivity index (χ1n) is 5.81. The Morgan fingerprint density at radius 1 is 1.17 bits per heavy atom. The molecule has 1 aromatic heterocycles. The number of rotatable bonds is 4. The summed E-state index contributed by atoms with van der Waals surface area (Å²) in [7, 11) is 1.88. The highest BCUT2D eigenvalue weighted by molar-refractivity contribution is 5.46. The van der Waals surface area contributed by atoms with Gasteiger partial charge in [-0.15, -0.1) is 0 Å². The average molecular weight is 245 g/mol. The monoisotopic (exact) mass is 245 g/mol. The fourth-order valence-electron chi connectivity index (χ4n) is 1.89. The SMILES string of the molecule is CN(Cc1ccccc1F)c1ncccc1CN. The Bertz CT molecular complexity index is 528. The number of halogens is 1. The van der Waals surface area contributed by atoms with Gasteiger partial charge < -0.3 is 10.6 Å². The van der Waals surface area contributed by atoms with E-state index in [0.29, 0.717) is 18.7 Å². The van der Waals surface area contributed by atoms with Crippen molar-refractivity contribution in [2.75, 3.05) is 11.9 Å². The van der Waals surface area contributed by atoms with Crippen molar-refractivity contribution in [2.24, 2.45) is 5.73 Å². The van der Waals surface area contributed by atoms with E-state index in [1.807, 2.05) is 30.1 Å². The van der Waals surface area contributed by atoms with Gasteiger partial charge in [-0.3, -0.25) is 0 Å². The van der Waals surface area contributed by atoms with Crippen molar-refractivity contribution in [1.29, 1.82) is 0 Å². The summed E-state index contributed by atoms with van der Waals surface area (Å²) in [5.41, 5.74) is 7.27. The van der Waals surface area contributed by atoms with Crippen LogP contribution in [-0.2, 0) is 13.1 Å². The molecule has 3 nitrogen and oxygen atoms in total. The molecule has 1 aromatic carbocycles. The molecule has 2 N–H and O–H groups in total. The number of nitrogens with two attached hydrogens (primary N) is 1. The summed E-state index contributed by atoms with van der Waals surface area (Å²) < 4.78 is 13.6. The van der Waals surface area contributed by atoms with Gasteiger partial charge in [0.2, 0.25) is 0 Å². The third-order valence-electron chi connectivity index (χ3n) is 2.81. The van der Waals surface area contributed by atoms with Crippen LogP contribution in [0.2, 0.25) is 0 Å². The quantitative estimate of drug-likeness (QED) is 0.898. The highest BCUT2D eigenvalue weighted by atomic mass is 19.1. The van der Waals surface area contributed by atoms with Crippen molar-refractivity contribution in [3.8, 4) is 0 Å². The molecular weight excluding hydrogens is 229 g/mol. The van der Waals surface area contributed by atoms with Gasteiger partial charge in [-0.25, -0.2) is 9.37 Å². The molecule has 0 spiro atoms. The Labute approximate surface area is 106 Å². The van der Waals surface area contributed by atoms with Crippen molar-refractivity contribution in [1.82, 2.24) is 4.98 Å². The molecule has 0 saturated carbocycles. The van der Waals surface area contributed by atoms with Crippen LogP contribution in [0.3, 0.4) is 0 Å². The largest absolute Gasteiger partial charge is 0.355 e. The molecule has 0 saturated heterocycles. The van der Waals surface area contributed by atoms with Crippen LogP contribution in [-0.4, -0.2) is 12.0 Å². The molecule has 0 atom stereocenters. The van der Waals surface area contributed by atoms with Crippen LogP contribution in [0.25, 0.3) is 0 Å². The first-order chi connectivity index (χ1) is 8.72. The maximum absolute atomic E-state index is 13.6. The van der Waals surface area contributed by atoms with Crippen molar-refractivity contribution < 1.29 is 4.39 Å². The summed E-state index contributed by atoms with van der Waals surface area (Å²) in [5.74, 6) is 0.595. The second kappa shape index (κ2) is 5.60. The number of hydrogen-bond acceptors (Lipinski definition) is 3. The van der Waals surface area contributed by atoms with Gasteiger partial charge in [0, 0.05) is 37.5 Å². The molecule has 0 fully saturated rings. The highest BCUT2D eigenvalue weighted by Crippen LogP contribution is 2.18. The lowest BCUT2D eigenvalue weighted by Crippen LogP contribution is -2.20. The molecule has 0 aliphatic heterocycles. The molecule has 0 aliphatic carbocycles. The van der Waals surface area contributed by atoms with E-state index in [2.05, 4.69) is 4.98 Å². The second-order valence-electron chi connectivity index (χ2n) is 4.14. The molecule has 1 heterocycles. The summed E-state index contributed by atoms with van der Waals surface area (Å²) in [6.07, 6.45) is 1.71. The fraction of sp³-hybridized carbons (Fsp3) is 0.214.